The van der Waals surface area contributed by atoms with Gasteiger partial charge in [-0.05, 0) is 18.2 Å². The number of rotatable bonds is 2. The quantitative estimate of drug-likeness (QED) is 0.823. The van der Waals surface area contributed by atoms with Crippen LogP contribution in [-0.4, -0.2) is 9.78 Å². The number of hydrogen-bond donors (Lipinski definition) is 0. The Labute approximate surface area is 118 Å². The third-order valence-electron chi connectivity index (χ3n) is 2.15. The molecular weight excluding hydrogens is 304 g/mol. The van der Waals surface area contributed by atoms with E-state index in [1.807, 2.05) is 0 Å². The van der Waals surface area contributed by atoms with Gasteiger partial charge in [0.05, 0.1) is 0 Å². The Morgan fingerprint density at radius 1 is 1.26 bits per heavy atom. The maximum absolute atomic E-state index is 12.4. The van der Waals surface area contributed by atoms with Gasteiger partial charge in [-0.3, -0.25) is 0 Å². The van der Waals surface area contributed by atoms with Crippen LogP contribution in [-0.2, 0) is 13.2 Å². The van der Waals surface area contributed by atoms with E-state index in [1.54, 1.807) is 18.2 Å². The van der Waals surface area contributed by atoms with Crippen LogP contribution in [0, 0.1) is 0 Å². The minimum Gasteiger partial charge on any atom is -1.00 e. The van der Waals surface area contributed by atoms with Gasteiger partial charge in [0, 0.05) is 18.1 Å². The Bertz CT molecular complexity index is 569. The number of nitrogens with zero attached hydrogens (tertiary/aromatic N) is 2. The van der Waals surface area contributed by atoms with E-state index in [4.69, 9.17) is 16.3 Å². The van der Waals surface area contributed by atoms with Crippen molar-refractivity contribution < 1.29 is 30.3 Å². The van der Waals surface area contributed by atoms with Crippen LogP contribution in [0.1, 0.15) is 5.69 Å². The molecule has 2 rings (SSSR count). The Morgan fingerprint density at radius 2 is 1.95 bits per heavy atom. The highest BCUT2D eigenvalue weighted by Crippen LogP contribution is 2.32. The van der Waals surface area contributed by atoms with Crippen LogP contribution in [0.3, 0.4) is 0 Å². The second-order valence-corrected chi connectivity index (χ2v) is 3.99. The van der Waals surface area contributed by atoms with Crippen molar-refractivity contribution in [1.29, 1.82) is 0 Å². The fraction of sp³-hybridized carbons (Fsp3) is 0.182. The van der Waals surface area contributed by atoms with Gasteiger partial charge in [-0.1, -0.05) is 17.7 Å². The predicted octanol–water partition coefficient (Wildman–Crippen LogP) is 0.889. The number of hydrogen-bond acceptors (Lipinski definition) is 2. The number of aromatic nitrogens is 2. The minimum absolute atomic E-state index is 0. The van der Waals surface area contributed by atoms with Gasteiger partial charge in [0.2, 0.25) is 5.88 Å². The maximum atomic E-state index is 12.4. The summed E-state index contributed by atoms with van der Waals surface area (Å²) < 4.78 is 43.6. The van der Waals surface area contributed by atoms with Gasteiger partial charge in [-0.2, -0.15) is 18.3 Å². The summed E-state index contributed by atoms with van der Waals surface area (Å²) >= 11 is 5.75. The van der Waals surface area contributed by atoms with Crippen molar-refractivity contribution in [2.45, 2.75) is 6.18 Å². The first-order chi connectivity index (χ1) is 8.36. The Morgan fingerprint density at radius 3 is 2.47 bits per heavy atom. The number of alkyl halides is 3. The van der Waals surface area contributed by atoms with Crippen LogP contribution in [0.4, 0.5) is 13.2 Å². The monoisotopic (exact) mass is 311 g/mol. The Kier molecular flexibility index (Phi) is 4.70. The summed E-state index contributed by atoms with van der Waals surface area (Å²) in [6, 6.07) is 7.20. The first-order valence-corrected chi connectivity index (χ1v) is 5.29. The van der Waals surface area contributed by atoms with Crippen LogP contribution < -0.4 is 17.1 Å². The fourth-order valence-electron chi connectivity index (χ4n) is 1.34. The maximum Gasteiger partial charge on any atom is 0.435 e. The van der Waals surface area contributed by atoms with E-state index in [9.17, 15) is 13.2 Å². The van der Waals surface area contributed by atoms with Crippen molar-refractivity contribution in [2.75, 3.05) is 0 Å². The second-order valence-electron chi connectivity index (χ2n) is 3.55. The number of halogens is 5. The van der Waals surface area contributed by atoms with E-state index in [0.29, 0.717) is 10.8 Å². The van der Waals surface area contributed by atoms with Crippen LogP contribution in [0.2, 0.25) is 5.02 Å². The molecular formula is C11H8Cl2F3N2O-. The molecule has 0 spiro atoms. The first kappa shape index (κ1) is 15.7. The van der Waals surface area contributed by atoms with E-state index >= 15 is 0 Å². The Hall–Kier alpha value is -1.40. The summed E-state index contributed by atoms with van der Waals surface area (Å²) in [4.78, 5) is 0. The van der Waals surface area contributed by atoms with Gasteiger partial charge >= 0.3 is 6.18 Å². The molecule has 1 aromatic heterocycles. The predicted molar refractivity (Wildman–Crippen MR) is 59.7 cm³/mol. The normalized spacial score (nSPS) is 11.0. The van der Waals surface area contributed by atoms with Crippen molar-refractivity contribution in [2.24, 2.45) is 7.05 Å². The molecule has 3 nitrogen and oxygen atoms in total. The number of benzene rings is 1. The minimum atomic E-state index is -4.49. The van der Waals surface area contributed by atoms with Crippen LogP contribution in [0.5, 0.6) is 11.6 Å². The van der Waals surface area contributed by atoms with Crippen molar-refractivity contribution >= 4 is 11.6 Å². The van der Waals surface area contributed by atoms with E-state index < -0.39 is 11.9 Å². The third-order valence-corrected chi connectivity index (χ3v) is 2.38. The molecule has 104 valence electrons. The standard InChI is InChI=1S/C11H8ClF3N2O.ClH/c1-17-10(6-9(16-17)11(13,14)15)18-8-4-2-3-7(12)5-8;/h2-6H,1H3;1H/p-1. The molecule has 0 N–H and O–H groups in total. The van der Waals surface area contributed by atoms with Gasteiger partial charge in [0.1, 0.15) is 5.75 Å². The molecule has 0 saturated heterocycles. The molecule has 1 aromatic carbocycles. The Balaban J connectivity index is 0.00000180. The van der Waals surface area contributed by atoms with Gasteiger partial charge in [0.25, 0.3) is 0 Å². The summed E-state index contributed by atoms with van der Waals surface area (Å²) in [6.07, 6.45) is -4.49. The molecule has 1 heterocycles. The molecule has 0 aliphatic heterocycles. The van der Waals surface area contributed by atoms with Crippen LogP contribution in [0.25, 0.3) is 0 Å². The zero-order valence-corrected chi connectivity index (χ0v) is 11.1. The molecule has 0 aliphatic carbocycles. The van der Waals surface area contributed by atoms with Crippen molar-refractivity contribution in [3.05, 3.63) is 41.0 Å². The lowest BCUT2D eigenvalue weighted by Gasteiger charge is -2.04. The number of aryl methyl sites for hydroxylation is 1. The van der Waals surface area contributed by atoms with Gasteiger partial charge in [0.15, 0.2) is 5.69 Å². The molecule has 2 aromatic rings. The summed E-state index contributed by atoms with van der Waals surface area (Å²) in [6.45, 7) is 0. The fourth-order valence-corrected chi connectivity index (χ4v) is 1.52. The summed E-state index contributed by atoms with van der Waals surface area (Å²) in [5.41, 5.74) is -0.998. The average molecular weight is 312 g/mol. The number of ether oxygens (including phenoxy) is 1. The lowest BCUT2D eigenvalue weighted by molar-refractivity contribution is -0.141. The SMILES string of the molecule is Cn1nc(C(F)(F)F)cc1Oc1cccc(Cl)c1.[Cl-]. The molecule has 0 aliphatic rings. The topological polar surface area (TPSA) is 27.1 Å². The smallest absolute Gasteiger partial charge is 0.435 e. The van der Waals surface area contributed by atoms with Crippen molar-refractivity contribution in [1.82, 2.24) is 9.78 Å². The first-order valence-electron chi connectivity index (χ1n) is 4.91. The third kappa shape index (κ3) is 3.78. The largest absolute Gasteiger partial charge is 1.00 e. The molecule has 0 atom stereocenters. The second kappa shape index (κ2) is 5.71. The molecule has 0 unspecified atom stereocenters. The average Bonchev–Trinajstić information content (AvgIpc) is 2.60. The van der Waals surface area contributed by atoms with Crippen LogP contribution in [0.15, 0.2) is 30.3 Å². The van der Waals surface area contributed by atoms with E-state index in [2.05, 4.69) is 5.10 Å². The van der Waals surface area contributed by atoms with E-state index in [0.717, 1.165) is 10.7 Å². The van der Waals surface area contributed by atoms with E-state index in [-0.39, 0.29) is 18.3 Å². The lowest BCUT2D eigenvalue weighted by atomic mass is 10.3. The molecule has 0 saturated carbocycles. The molecule has 0 fully saturated rings. The zero-order valence-electron chi connectivity index (χ0n) is 9.58. The van der Waals surface area contributed by atoms with Gasteiger partial charge in [-0.15, -0.1) is 0 Å². The zero-order chi connectivity index (χ0) is 13.3. The molecule has 0 amide bonds. The highest BCUT2D eigenvalue weighted by Gasteiger charge is 2.35. The van der Waals surface area contributed by atoms with E-state index in [1.165, 1.54) is 13.1 Å². The van der Waals surface area contributed by atoms with Crippen molar-refractivity contribution in [3.8, 4) is 11.6 Å². The highest BCUT2D eigenvalue weighted by atomic mass is 35.5. The molecule has 0 radical (unpaired) electrons. The van der Waals surface area contributed by atoms with Crippen LogP contribution >= 0.6 is 11.6 Å². The summed E-state index contributed by atoms with van der Waals surface area (Å²) in [5, 5.41) is 3.77. The molecule has 0 bridgehead atoms. The summed E-state index contributed by atoms with van der Waals surface area (Å²) in [5.74, 6) is 0.337. The van der Waals surface area contributed by atoms with Gasteiger partial charge in [-0.25, -0.2) is 4.68 Å². The lowest BCUT2D eigenvalue weighted by Crippen LogP contribution is -3.00. The van der Waals surface area contributed by atoms with Gasteiger partial charge < -0.3 is 17.1 Å². The molecule has 19 heavy (non-hydrogen) atoms. The summed E-state index contributed by atoms with van der Waals surface area (Å²) in [7, 11) is 1.37. The van der Waals surface area contributed by atoms with Crippen molar-refractivity contribution in [3.63, 3.8) is 0 Å². The molecule has 8 heteroatoms. The highest BCUT2D eigenvalue weighted by molar-refractivity contribution is 6.30.